The van der Waals surface area contributed by atoms with Crippen molar-refractivity contribution in [3.63, 3.8) is 0 Å². The molecule has 0 radical (unpaired) electrons. The number of rotatable bonds is 8. The molecule has 5 heteroatoms. The van der Waals surface area contributed by atoms with Gasteiger partial charge in [-0.15, -0.1) is 0 Å². The molecule has 0 aliphatic heterocycles. The first-order valence-corrected chi connectivity index (χ1v) is 22.9. The molecule has 318 valence electrons. The Morgan fingerprint density at radius 3 is 1.53 bits per heavy atom. The predicted molar refractivity (Wildman–Crippen MR) is 279 cm³/mol. The molecule has 9 aromatic carbocycles. The molecule has 13 rings (SSSR count). The van der Waals surface area contributed by atoms with Gasteiger partial charge in [0.15, 0.2) is 5.82 Å². The summed E-state index contributed by atoms with van der Waals surface area (Å²) < 4.78 is 8.68. The Morgan fingerprint density at radius 2 is 0.838 bits per heavy atom. The van der Waals surface area contributed by atoms with Crippen molar-refractivity contribution in [1.82, 2.24) is 19.6 Å². The molecule has 5 nitrogen and oxygen atoms in total. The van der Waals surface area contributed by atoms with Crippen molar-refractivity contribution < 1.29 is 4.42 Å². The van der Waals surface area contributed by atoms with E-state index in [2.05, 4.69) is 217 Å². The van der Waals surface area contributed by atoms with Gasteiger partial charge in [-0.25, -0.2) is 14.5 Å². The normalized spacial score (nSPS) is 11.5. The molecule has 0 aliphatic rings. The predicted octanol–water partition coefficient (Wildman–Crippen LogP) is 16.5. The standard InChI is InChI=1S/C63H40N4O/c1-5-20-41(21-6-1)58-59(42-22-7-2-8-23-42)66-67-60(43-24-9-3-10-25-43)57(51-33-13-14-34-52(51)61(58)67)48-31-18-30-47(39-48)55-40-54(64-63(65-55)44-26-11-4-12-27-44)46-29-17-28-45(38-46)49-35-19-36-53-50-32-15-16-37-56(50)68-62(49)53/h1-40H. The Balaban J connectivity index is 1.02. The fourth-order valence-corrected chi connectivity index (χ4v) is 9.91. The number of nitrogens with zero attached hydrogens (tertiary/aromatic N) is 4. The van der Waals surface area contributed by atoms with Gasteiger partial charge in [-0.05, 0) is 46.3 Å². The van der Waals surface area contributed by atoms with E-state index >= 15 is 0 Å². The number of pyridine rings is 1. The van der Waals surface area contributed by atoms with Gasteiger partial charge in [-0.3, -0.25) is 0 Å². The van der Waals surface area contributed by atoms with Gasteiger partial charge in [0.25, 0.3) is 0 Å². The minimum absolute atomic E-state index is 0.656. The van der Waals surface area contributed by atoms with Gasteiger partial charge in [-0.2, -0.15) is 5.10 Å². The van der Waals surface area contributed by atoms with Crippen LogP contribution in [0, 0.1) is 0 Å². The molecule has 0 N–H and O–H groups in total. The monoisotopic (exact) mass is 868 g/mol. The first-order valence-electron chi connectivity index (χ1n) is 22.9. The van der Waals surface area contributed by atoms with E-state index in [-0.39, 0.29) is 0 Å². The maximum Gasteiger partial charge on any atom is 0.160 e. The highest BCUT2D eigenvalue weighted by Gasteiger charge is 2.26. The fraction of sp³-hybridized carbons (Fsp3) is 0. The summed E-state index contributed by atoms with van der Waals surface area (Å²) in [7, 11) is 0. The lowest BCUT2D eigenvalue weighted by atomic mass is 9.90. The summed E-state index contributed by atoms with van der Waals surface area (Å²) in [5, 5.41) is 10.1. The molecule has 0 saturated carbocycles. The molecule has 0 spiro atoms. The van der Waals surface area contributed by atoms with Gasteiger partial charge in [0, 0.05) is 60.7 Å². The second-order valence-corrected chi connectivity index (χ2v) is 17.1. The van der Waals surface area contributed by atoms with Crippen molar-refractivity contribution >= 4 is 38.2 Å². The topological polar surface area (TPSA) is 56.2 Å². The van der Waals surface area contributed by atoms with Crippen LogP contribution < -0.4 is 0 Å². The third kappa shape index (κ3) is 6.68. The summed E-state index contributed by atoms with van der Waals surface area (Å²) in [6.45, 7) is 0. The number of hydrogen-bond acceptors (Lipinski definition) is 4. The van der Waals surface area contributed by atoms with Crippen molar-refractivity contribution in [1.29, 1.82) is 0 Å². The third-order valence-corrected chi connectivity index (χ3v) is 13.0. The van der Waals surface area contributed by atoms with Crippen molar-refractivity contribution in [3.05, 3.63) is 243 Å². The molecule has 4 aromatic heterocycles. The van der Waals surface area contributed by atoms with Crippen LogP contribution in [-0.4, -0.2) is 19.6 Å². The molecule has 0 aliphatic carbocycles. The number of benzene rings is 9. The van der Waals surface area contributed by atoms with Crippen LogP contribution >= 0.6 is 0 Å². The number of furan rings is 1. The van der Waals surface area contributed by atoms with Crippen LogP contribution in [0.1, 0.15) is 0 Å². The van der Waals surface area contributed by atoms with Crippen LogP contribution in [0.3, 0.4) is 0 Å². The lowest BCUT2D eigenvalue weighted by molar-refractivity contribution is 0.670. The van der Waals surface area contributed by atoms with E-state index in [1.807, 2.05) is 30.3 Å². The summed E-state index contributed by atoms with van der Waals surface area (Å²) in [5.41, 5.74) is 17.9. The molecule has 4 heterocycles. The van der Waals surface area contributed by atoms with Crippen molar-refractivity contribution in [2.24, 2.45) is 0 Å². The quantitative estimate of drug-likeness (QED) is 0.153. The maximum absolute atomic E-state index is 6.49. The summed E-state index contributed by atoms with van der Waals surface area (Å²) in [5.74, 6) is 0.656. The Bertz CT molecular complexity index is 4010. The molecular formula is C63H40N4O. The Morgan fingerprint density at radius 1 is 0.338 bits per heavy atom. The number of hydrogen-bond donors (Lipinski definition) is 0. The zero-order valence-electron chi connectivity index (χ0n) is 36.8. The first kappa shape index (κ1) is 39.2. The fourth-order valence-electron chi connectivity index (χ4n) is 9.91. The largest absolute Gasteiger partial charge is 0.455 e. The number of para-hydroxylation sites is 2. The Labute approximate surface area is 392 Å². The van der Waals surface area contributed by atoms with E-state index in [1.165, 1.54) is 0 Å². The van der Waals surface area contributed by atoms with Crippen LogP contribution in [0.25, 0.3) is 128 Å². The van der Waals surface area contributed by atoms with Gasteiger partial charge in [0.05, 0.1) is 22.6 Å². The second kappa shape index (κ2) is 16.4. The van der Waals surface area contributed by atoms with Crippen LogP contribution in [0.2, 0.25) is 0 Å². The van der Waals surface area contributed by atoms with E-state index in [1.54, 1.807) is 0 Å². The van der Waals surface area contributed by atoms with Gasteiger partial charge < -0.3 is 4.42 Å². The SMILES string of the molecule is c1ccc(-c2nc(-c3cccc(-c4c(-c5ccccc5)n5nc(-c6ccccc6)c(-c6ccccc6)c5c5ccccc45)c3)cc(-c3cccc(-c4cccc5c4oc4ccccc45)c3)n2)cc1. The minimum atomic E-state index is 0.656. The minimum Gasteiger partial charge on any atom is -0.455 e. The highest BCUT2D eigenvalue weighted by atomic mass is 16.3. The second-order valence-electron chi connectivity index (χ2n) is 17.1. The van der Waals surface area contributed by atoms with Gasteiger partial charge >= 0.3 is 0 Å². The average Bonchev–Trinajstić information content (AvgIpc) is 4.01. The molecule has 68 heavy (non-hydrogen) atoms. The Kier molecular flexibility index (Phi) is 9.43. The lowest BCUT2D eigenvalue weighted by Crippen LogP contribution is -2.00. The molecule has 0 bridgehead atoms. The smallest absolute Gasteiger partial charge is 0.160 e. The van der Waals surface area contributed by atoms with E-state index in [4.69, 9.17) is 19.5 Å². The van der Waals surface area contributed by atoms with E-state index < -0.39 is 0 Å². The van der Waals surface area contributed by atoms with E-state index in [0.717, 1.165) is 122 Å². The Hall–Kier alpha value is -9.19. The van der Waals surface area contributed by atoms with Gasteiger partial charge in [-0.1, -0.05) is 218 Å². The van der Waals surface area contributed by atoms with Crippen molar-refractivity contribution in [2.45, 2.75) is 0 Å². The zero-order valence-corrected chi connectivity index (χ0v) is 36.8. The molecule has 0 fully saturated rings. The maximum atomic E-state index is 6.49. The lowest BCUT2D eigenvalue weighted by Gasteiger charge is -2.18. The molecule has 13 aromatic rings. The summed E-state index contributed by atoms with van der Waals surface area (Å²) in [6.07, 6.45) is 0. The van der Waals surface area contributed by atoms with Gasteiger partial charge in [0.2, 0.25) is 0 Å². The van der Waals surface area contributed by atoms with E-state index in [0.29, 0.717) is 5.82 Å². The van der Waals surface area contributed by atoms with Crippen molar-refractivity contribution in [3.8, 4) is 89.8 Å². The third-order valence-electron chi connectivity index (χ3n) is 13.0. The van der Waals surface area contributed by atoms with Crippen molar-refractivity contribution in [2.75, 3.05) is 0 Å². The molecular weight excluding hydrogens is 829 g/mol. The summed E-state index contributed by atoms with van der Waals surface area (Å²) in [4.78, 5) is 10.6. The highest BCUT2D eigenvalue weighted by molar-refractivity contribution is 6.15. The molecule has 0 atom stereocenters. The number of fused-ring (bicyclic) bond motifs is 6. The average molecular weight is 869 g/mol. The summed E-state index contributed by atoms with van der Waals surface area (Å²) in [6, 6.07) is 85.0. The molecule has 0 saturated heterocycles. The first-order chi connectivity index (χ1) is 33.7. The van der Waals surface area contributed by atoms with Gasteiger partial charge in [0.1, 0.15) is 16.9 Å². The van der Waals surface area contributed by atoms with Crippen LogP contribution in [-0.2, 0) is 0 Å². The van der Waals surface area contributed by atoms with Crippen LogP contribution in [0.5, 0.6) is 0 Å². The summed E-state index contributed by atoms with van der Waals surface area (Å²) >= 11 is 0. The molecule has 0 unspecified atom stereocenters. The zero-order chi connectivity index (χ0) is 45.0. The number of aromatic nitrogens is 4. The van der Waals surface area contributed by atoms with Crippen LogP contribution in [0.15, 0.2) is 247 Å². The highest BCUT2D eigenvalue weighted by Crippen LogP contribution is 2.46. The van der Waals surface area contributed by atoms with Crippen LogP contribution in [0.4, 0.5) is 0 Å². The van der Waals surface area contributed by atoms with E-state index in [9.17, 15) is 0 Å². The molecule has 0 amide bonds.